The molecule has 0 fully saturated rings. The van der Waals surface area contributed by atoms with E-state index < -0.39 is 5.97 Å². The average Bonchev–Trinajstić information content (AvgIpc) is 2.36. The van der Waals surface area contributed by atoms with Gasteiger partial charge in [-0.05, 0) is 37.0 Å². The van der Waals surface area contributed by atoms with Gasteiger partial charge < -0.3 is 15.5 Å². The van der Waals surface area contributed by atoms with E-state index in [-0.39, 0.29) is 29.6 Å². The summed E-state index contributed by atoms with van der Waals surface area (Å²) in [6.45, 7) is 2.37. The van der Waals surface area contributed by atoms with Crippen LogP contribution in [0.5, 0.6) is 5.75 Å². The minimum atomic E-state index is -0.813. The molecular weight excluding hydrogens is 282 g/mol. The van der Waals surface area contributed by atoms with E-state index >= 15 is 0 Å². The maximum Gasteiger partial charge on any atom is 0.303 e. The highest BCUT2D eigenvalue weighted by atomic mass is 35.5. The first-order valence-electron chi connectivity index (χ1n) is 6.38. The Labute approximate surface area is 122 Å². The summed E-state index contributed by atoms with van der Waals surface area (Å²) < 4.78 is 0. The number of phenolic OH excluding ortho intramolecular Hbond substituents is 1. The Bertz CT molecular complexity index is 490. The molecule has 5 nitrogen and oxygen atoms in total. The number of nitrogens with one attached hydrogen (secondary N) is 1. The van der Waals surface area contributed by atoms with Gasteiger partial charge in [0, 0.05) is 18.0 Å². The van der Waals surface area contributed by atoms with Crippen LogP contribution in [0.2, 0.25) is 5.02 Å². The Morgan fingerprint density at radius 3 is 2.65 bits per heavy atom. The van der Waals surface area contributed by atoms with Crippen LogP contribution in [0.1, 0.15) is 36.5 Å². The molecular formula is C14H18ClNO4. The number of carboxylic acid groups (broad SMARTS) is 1. The van der Waals surface area contributed by atoms with Crippen LogP contribution in [0.15, 0.2) is 18.2 Å². The van der Waals surface area contributed by atoms with Crippen LogP contribution in [0.3, 0.4) is 0 Å². The zero-order valence-electron chi connectivity index (χ0n) is 11.2. The summed E-state index contributed by atoms with van der Waals surface area (Å²) in [6.07, 6.45) is 1.40. The first-order chi connectivity index (χ1) is 9.40. The molecule has 1 aromatic rings. The van der Waals surface area contributed by atoms with E-state index in [1.165, 1.54) is 18.2 Å². The SMILES string of the molecule is CC(CCNC(=O)c1ccc(Cl)cc1O)CCC(=O)O. The summed E-state index contributed by atoms with van der Waals surface area (Å²) >= 11 is 5.69. The van der Waals surface area contributed by atoms with Crippen molar-refractivity contribution in [2.75, 3.05) is 6.54 Å². The zero-order valence-corrected chi connectivity index (χ0v) is 12.0. The molecule has 0 spiro atoms. The molecule has 0 aliphatic rings. The van der Waals surface area contributed by atoms with Crippen molar-refractivity contribution in [3.63, 3.8) is 0 Å². The largest absolute Gasteiger partial charge is 0.507 e. The van der Waals surface area contributed by atoms with Crippen LogP contribution >= 0.6 is 11.6 Å². The van der Waals surface area contributed by atoms with Gasteiger partial charge in [0.25, 0.3) is 5.91 Å². The van der Waals surface area contributed by atoms with Crippen LogP contribution < -0.4 is 5.32 Å². The predicted molar refractivity (Wildman–Crippen MR) is 76.1 cm³/mol. The molecule has 20 heavy (non-hydrogen) atoms. The number of carbonyl (C=O) groups is 2. The fourth-order valence-corrected chi connectivity index (χ4v) is 1.90. The molecule has 0 aliphatic heterocycles. The number of aliphatic carboxylic acids is 1. The molecule has 1 unspecified atom stereocenters. The van der Waals surface area contributed by atoms with Crippen molar-refractivity contribution in [1.82, 2.24) is 5.32 Å². The lowest BCUT2D eigenvalue weighted by Gasteiger charge is -2.11. The highest BCUT2D eigenvalue weighted by Crippen LogP contribution is 2.21. The van der Waals surface area contributed by atoms with Crippen molar-refractivity contribution in [2.24, 2.45) is 5.92 Å². The minimum absolute atomic E-state index is 0.132. The normalized spacial score (nSPS) is 11.9. The molecule has 110 valence electrons. The molecule has 3 N–H and O–H groups in total. The number of halogens is 1. The summed E-state index contributed by atoms with van der Waals surface area (Å²) in [5.74, 6) is -1.13. The number of carboxylic acids is 1. The van der Waals surface area contributed by atoms with Gasteiger partial charge in [-0.1, -0.05) is 18.5 Å². The van der Waals surface area contributed by atoms with Crippen molar-refractivity contribution in [3.8, 4) is 5.75 Å². The predicted octanol–water partition coefficient (Wildman–Crippen LogP) is 2.67. The van der Waals surface area contributed by atoms with Gasteiger partial charge in [-0.15, -0.1) is 0 Å². The summed E-state index contributed by atoms with van der Waals surface area (Å²) in [7, 11) is 0. The Balaban J connectivity index is 2.38. The number of hydrogen-bond donors (Lipinski definition) is 3. The van der Waals surface area contributed by atoms with Gasteiger partial charge >= 0.3 is 5.97 Å². The van der Waals surface area contributed by atoms with Gasteiger partial charge in [-0.25, -0.2) is 0 Å². The van der Waals surface area contributed by atoms with Gasteiger partial charge in [-0.2, -0.15) is 0 Å². The topological polar surface area (TPSA) is 86.6 Å². The Hall–Kier alpha value is -1.75. The van der Waals surface area contributed by atoms with Gasteiger partial charge in [0.1, 0.15) is 5.75 Å². The monoisotopic (exact) mass is 299 g/mol. The minimum Gasteiger partial charge on any atom is -0.507 e. The molecule has 1 aromatic carbocycles. The molecule has 0 radical (unpaired) electrons. The van der Waals surface area contributed by atoms with Crippen molar-refractivity contribution >= 4 is 23.5 Å². The Morgan fingerprint density at radius 1 is 1.35 bits per heavy atom. The lowest BCUT2D eigenvalue weighted by molar-refractivity contribution is -0.137. The van der Waals surface area contributed by atoms with Crippen molar-refractivity contribution in [2.45, 2.75) is 26.2 Å². The molecule has 0 heterocycles. The molecule has 0 saturated carbocycles. The van der Waals surface area contributed by atoms with Crippen molar-refractivity contribution in [3.05, 3.63) is 28.8 Å². The lowest BCUT2D eigenvalue weighted by Crippen LogP contribution is -2.25. The molecule has 0 bridgehead atoms. The lowest BCUT2D eigenvalue weighted by atomic mass is 10.0. The molecule has 1 atom stereocenters. The molecule has 0 aromatic heterocycles. The van der Waals surface area contributed by atoms with Crippen LogP contribution in [-0.2, 0) is 4.79 Å². The van der Waals surface area contributed by atoms with Crippen molar-refractivity contribution in [1.29, 1.82) is 0 Å². The van der Waals surface area contributed by atoms with Crippen LogP contribution in [0.25, 0.3) is 0 Å². The second kappa shape index (κ2) is 7.75. The Kier molecular flexibility index (Phi) is 6.31. The van der Waals surface area contributed by atoms with E-state index in [0.29, 0.717) is 24.4 Å². The number of rotatable bonds is 7. The quantitative estimate of drug-likeness (QED) is 0.722. The third-order valence-corrected chi connectivity index (χ3v) is 3.21. The van der Waals surface area contributed by atoms with E-state index in [1.807, 2.05) is 6.92 Å². The third-order valence-electron chi connectivity index (χ3n) is 2.98. The van der Waals surface area contributed by atoms with Crippen LogP contribution in [0, 0.1) is 5.92 Å². The number of aromatic hydroxyl groups is 1. The average molecular weight is 300 g/mol. The smallest absolute Gasteiger partial charge is 0.303 e. The number of hydrogen-bond acceptors (Lipinski definition) is 3. The number of benzene rings is 1. The molecule has 6 heteroatoms. The molecule has 0 aliphatic carbocycles. The highest BCUT2D eigenvalue weighted by Gasteiger charge is 2.12. The first kappa shape index (κ1) is 16.3. The maximum atomic E-state index is 11.8. The summed E-state index contributed by atoms with van der Waals surface area (Å²) in [6, 6.07) is 4.30. The van der Waals surface area contributed by atoms with Crippen LogP contribution in [0.4, 0.5) is 0 Å². The maximum absolute atomic E-state index is 11.8. The molecule has 1 rings (SSSR count). The van der Waals surface area contributed by atoms with E-state index in [4.69, 9.17) is 16.7 Å². The standard InChI is InChI=1S/C14H18ClNO4/c1-9(2-5-13(18)19)6-7-16-14(20)11-4-3-10(15)8-12(11)17/h3-4,8-9,17H,2,5-7H2,1H3,(H,16,20)(H,18,19). The summed E-state index contributed by atoms with van der Waals surface area (Å²) in [4.78, 5) is 22.2. The Morgan fingerprint density at radius 2 is 2.05 bits per heavy atom. The molecule has 0 saturated heterocycles. The first-order valence-corrected chi connectivity index (χ1v) is 6.76. The molecule has 1 amide bonds. The summed E-state index contributed by atoms with van der Waals surface area (Å²) in [5, 5.41) is 21.2. The van der Waals surface area contributed by atoms with Gasteiger partial charge in [0.2, 0.25) is 0 Å². The second-order valence-corrected chi connectivity index (χ2v) is 5.18. The third kappa shape index (κ3) is 5.48. The van der Waals surface area contributed by atoms with Gasteiger partial charge in [0.05, 0.1) is 5.56 Å². The number of carbonyl (C=O) groups excluding carboxylic acids is 1. The zero-order chi connectivity index (χ0) is 15.1. The highest BCUT2D eigenvalue weighted by molar-refractivity contribution is 6.30. The second-order valence-electron chi connectivity index (χ2n) is 4.74. The van der Waals surface area contributed by atoms with Crippen LogP contribution in [-0.4, -0.2) is 28.6 Å². The summed E-state index contributed by atoms with van der Waals surface area (Å²) in [5.41, 5.74) is 0.174. The van der Waals surface area contributed by atoms with E-state index in [9.17, 15) is 14.7 Å². The van der Waals surface area contributed by atoms with E-state index in [0.717, 1.165) is 0 Å². The van der Waals surface area contributed by atoms with Gasteiger partial charge in [-0.3, -0.25) is 9.59 Å². The fraction of sp³-hybridized carbons (Fsp3) is 0.429. The fourth-order valence-electron chi connectivity index (χ4n) is 1.74. The number of phenols is 1. The van der Waals surface area contributed by atoms with E-state index in [2.05, 4.69) is 5.32 Å². The van der Waals surface area contributed by atoms with Crippen molar-refractivity contribution < 1.29 is 19.8 Å². The van der Waals surface area contributed by atoms with Gasteiger partial charge in [0.15, 0.2) is 0 Å². The number of amides is 1. The van der Waals surface area contributed by atoms with E-state index in [1.54, 1.807) is 0 Å².